The molecule has 0 aliphatic heterocycles. The predicted molar refractivity (Wildman–Crippen MR) is 238 cm³/mol. The van der Waals surface area contributed by atoms with Gasteiger partial charge < -0.3 is 0 Å². The van der Waals surface area contributed by atoms with Gasteiger partial charge in [0.05, 0.1) is 0 Å². The monoisotopic (exact) mass is 704 g/mol. The second-order valence-corrected chi connectivity index (χ2v) is 15.5. The minimum Gasteiger partial charge on any atom is -0.0622 e. The third kappa shape index (κ3) is 3.98. The van der Waals surface area contributed by atoms with Gasteiger partial charge in [-0.2, -0.15) is 0 Å². The van der Waals surface area contributed by atoms with Gasteiger partial charge in [-0.3, -0.25) is 0 Å². The van der Waals surface area contributed by atoms with E-state index in [1.54, 1.807) is 0 Å². The van der Waals surface area contributed by atoms with Crippen LogP contribution in [0.1, 0.15) is 0 Å². The van der Waals surface area contributed by atoms with E-state index in [0.717, 1.165) is 0 Å². The van der Waals surface area contributed by atoms with Gasteiger partial charge in [-0.15, -0.1) is 0 Å². The summed E-state index contributed by atoms with van der Waals surface area (Å²) >= 11 is 0. The van der Waals surface area contributed by atoms with Crippen LogP contribution < -0.4 is 0 Å². The van der Waals surface area contributed by atoms with E-state index in [4.69, 9.17) is 0 Å². The zero-order valence-corrected chi connectivity index (χ0v) is 30.5. The molecule has 0 N–H and O–H groups in total. The molecule has 11 aromatic rings. The van der Waals surface area contributed by atoms with Crippen LogP contribution in [0.3, 0.4) is 0 Å². The van der Waals surface area contributed by atoms with Gasteiger partial charge in [0, 0.05) is 0 Å². The van der Waals surface area contributed by atoms with Crippen molar-refractivity contribution in [3.05, 3.63) is 194 Å². The molecule has 2 aliphatic carbocycles. The zero-order valence-electron chi connectivity index (χ0n) is 30.5. The normalized spacial score (nSPS) is 12.3. The van der Waals surface area contributed by atoms with Gasteiger partial charge in [0.1, 0.15) is 0 Å². The van der Waals surface area contributed by atoms with Crippen molar-refractivity contribution >= 4 is 43.1 Å². The molecular formula is C56H32. The number of fused-ring (bicyclic) bond motifs is 8. The fourth-order valence-corrected chi connectivity index (χ4v) is 10.3. The first-order valence-electron chi connectivity index (χ1n) is 19.6. The van der Waals surface area contributed by atoms with Crippen molar-refractivity contribution in [2.75, 3.05) is 0 Å². The Labute approximate surface area is 324 Å². The molecule has 0 radical (unpaired) electrons. The average Bonchev–Trinajstić information content (AvgIpc) is 3.78. The van der Waals surface area contributed by atoms with Gasteiger partial charge in [0.25, 0.3) is 0 Å². The Bertz CT molecular complexity index is 3170. The van der Waals surface area contributed by atoms with Crippen LogP contribution in [0.15, 0.2) is 194 Å². The number of benzene rings is 11. The molecular weight excluding hydrogens is 673 g/mol. The van der Waals surface area contributed by atoms with Crippen LogP contribution in [0.25, 0.3) is 132 Å². The third-order valence-electron chi connectivity index (χ3n) is 12.7. The van der Waals surface area contributed by atoms with Crippen LogP contribution in [0.4, 0.5) is 0 Å². The Morgan fingerprint density at radius 1 is 0.161 bits per heavy atom. The lowest BCUT2D eigenvalue weighted by molar-refractivity contribution is 1.61. The molecule has 0 amide bonds. The predicted octanol–water partition coefficient (Wildman–Crippen LogP) is 15.7. The van der Waals surface area contributed by atoms with Crippen molar-refractivity contribution in [1.82, 2.24) is 0 Å². The summed E-state index contributed by atoms with van der Waals surface area (Å²) in [6.45, 7) is 0. The van der Waals surface area contributed by atoms with Gasteiger partial charge in [0.15, 0.2) is 0 Å². The molecule has 0 fully saturated rings. The largest absolute Gasteiger partial charge is 0.0622 e. The van der Waals surface area contributed by atoms with Crippen LogP contribution in [-0.2, 0) is 0 Å². The summed E-state index contributed by atoms with van der Waals surface area (Å²) < 4.78 is 0. The molecule has 2 aliphatic rings. The summed E-state index contributed by atoms with van der Waals surface area (Å²) in [5.74, 6) is 0. The zero-order chi connectivity index (χ0) is 36.5. The lowest BCUT2D eigenvalue weighted by Gasteiger charge is -2.22. The van der Waals surface area contributed by atoms with Crippen molar-refractivity contribution < 1.29 is 0 Å². The third-order valence-corrected chi connectivity index (χ3v) is 12.7. The molecule has 0 saturated heterocycles. The first-order chi connectivity index (χ1) is 27.8. The molecule has 0 bridgehead atoms. The van der Waals surface area contributed by atoms with Crippen molar-refractivity contribution in [3.8, 4) is 89.0 Å². The Morgan fingerprint density at radius 2 is 0.482 bits per heavy atom. The standard InChI is InChI=1S/C56H32/c1-3-11-33(12-4-1)35-19-23-37(24-20-35)47-31-49-41-17-9-7-15-39(41)43-28-30-46-54-48(38-25-21-36(22-26-38)34-13-5-2-6-14-34)32-50-42-18-10-8-16-40(42)44-27-29-45(56(54)52(44)50)53(47)55(46)51(43)49/h1-32H. The summed E-state index contributed by atoms with van der Waals surface area (Å²) in [5, 5.41) is 10.8. The number of hydrogen-bond donors (Lipinski definition) is 0. The van der Waals surface area contributed by atoms with Crippen LogP contribution in [0, 0.1) is 0 Å². The van der Waals surface area contributed by atoms with Gasteiger partial charge in [-0.1, -0.05) is 182 Å². The Morgan fingerprint density at radius 3 is 0.875 bits per heavy atom. The molecule has 0 nitrogen and oxygen atoms in total. The molecule has 13 rings (SSSR count). The highest BCUT2D eigenvalue weighted by Crippen LogP contribution is 2.59. The van der Waals surface area contributed by atoms with Gasteiger partial charge >= 0.3 is 0 Å². The summed E-state index contributed by atoms with van der Waals surface area (Å²) in [6.07, 6.45) is 0. The summed E-state index contributed by atoms with van der Waals surface area (Å²) in [4.78, 5) is 0. The Kier molecular flexibility index (Phi) is 5.98. The van der Waals surface area contributed by atoms with Crippen LogP contribution in [0.5, 0.6) is 0 Å². The van der Waals surface area contributed by atoms with E-state index in [0.29, 0.717) is 0 Å². The van der Waals surface area contributed by atoms with E-state index in [1.165, 1.54) is 132 Å². The van der Waals surface area contributed by atoms with Gasteiger partial charge in [0.2, 0.25) is 0 Å². The van der Waals surface area contributed by atoms with Crippen molar-refractivity contribution in [3.63, 3.8) is 0 Å². The summed E-state index contributed by atoms with van der Waals surface area (Å²) in [7, 11) is 0. The fraction of sp³-hybridized carbons (Fsp3) is 0. The van der Waals surface area contributed by atoms with Gasteiger partial charge in [-0.05, 0) is 144 Å². The topological polar surface area (TPSA) is 0 Å². The SMILES string of the molecule is c1ccc(-c2ccc(-c3cc4c5c(ccc6c7c(-c8ccc(-c9ccccc9)cc8)cc8c9c(ccc(c3c56)c97)-c3ccccc3-8)-c3ccccc3-4)cc2)cc1. The van der Waals surface area contributed by atoms with E-state index in [2.05, 4.69) is 194 Å². The molecule has 0 heterocycles. The molecule has 0 unspecified atom stereocenters. The first kappa shape index (κ1) is 30.1. The van der Waals surface area contributed by atoms with E-state index < -0.39 is 0 Å². The Hall–Kier alpha value is -7.28. The Balaban J connectivity index is 1.19. The molecule has 0 heteroatoms. The van der Waals surface area contributed by atoms with E-state index in [1.807, 2.05) is 0 Å². The van der Waals surface area contributed by atoms with E-state index >= 15 is 0 Å². The van der Waals surface area contributed by atoms with Crippen LogP contribution >= 0.6 is 0 Å². The van der Waals surface area contributed by atoms with Crippen LogP contribution in [-0.4, -0.2) is 0 Å². The smallest absolute Gasteiger partial charge is 0.000740 e. The second kappa shape index (κ2) is 11.1. The first-order valence-corrected chi connectivity index (χ1v) is 19.6. The molecule has 0 aromatic heterocycles. The van der Waals surface area contributed by atoms with Crippen molar-refractivity contribution in [2.45, 2.75) is 0 Å². The summed E-state index contributed by atoms with van der Waals surface area (Å²) in [5.41, 5.74) is 20.6. The maximum absolute atomic E-state index is 2.50. The highest BCUT2D eigenvalue weighted by Gasteiger charge is 2.31. The minimum absolute atomic E-state index is 1.23. The average molecular weight is 705 g/mol. The second-order valence-electron chi connectivity index (χ2n) is 15.5. The lowest BCUT2D eigenvalue weighted by Crippen LogP contribution is -1.94. The highest BCUT2D eigenvalue weighted by atomic mass is 14.3. The maximum Gasteiger partial charge on any atom is -0.000740 e. The molecule has 0 saturated carbocycles. The van der Waals surface area contributed by atoms with Crippen molar-refractivity contribution in [1.29, 1.82) is 0 Å². The van der Waals surface area contributed by atoms with E-state index in [-0.39, 0.29) is 0 Å². The molecule has 256 valence electrons. The molecule has 0 spiro atoms. The quantitative estimate of drug-likeness (QED) is 0.126. The number of rotatable bonds is 4. The van der Waals surface area contributed by atoms with Crippen LogP contribution in [0.2, 0.25) is 0 Å². The van der Waals surface area contributed by atoms with E-state index in [9.17, 15) is 0 Å². The maximum atomic E-state index is 2.50. The van der Waals surface area contributed by atoms with Crippen molar-refractivity contribution in [2.24, 2.45) is 0 Å². The minimum atomic E-state index is 1.23. The molecule has 0 atom stereocenters. The van der Waals surface area contributed by atoms with Gasteiger partial charge in [-0.25, -0.2) is 0 Å². The highest BCUT2D eigenvalue weighted by molar-refractivity contribution is 6.43. The number of hydrogen-bond acceptors (Lipinski definition) is 0. The fourth-order valence-electron chi connectivity index (χ4n) is 10.3. The molecule has 11 aromatic carbocycles. The lowest BCUT2D eigenvalue weighted by atomic mass is 9.80. The molecule has 56 heavy (non-hydrogen) atoms. The summed E-state index contributed by atoms with van der Waals surface area (Å²) in [6, 6.07) is 72.6.